The highest BCUT2D eigenvalue weighted by molar-refractivity contribution is 7.85. The number of anilines is 1. The number of benzene rings is 1. The summed E-state index contributed by atoms with van der Waals surface area (Å²) in [5.41, 5.74) is 0.235. The fourth-order valence-corrected chi connectivity index (χ4v) is 2.84. The monoisotopic (exact) mass is 399 g/mol. The smallest absolute Gasteiger partial charge is 0.360 e. The molecule has 0 spiro atoms. The van der Waals surface area contributed by atoms with Gasteiger partial charge in [-0.3, -0.25) is 8.98 Å². The second kappa shape index (κ2) is 8.98. The van der Waals surface area contributed by atoms with E-state index in [1.807, 2.05) is 0 Å². The Hall–Kier alpha value is -2.43. The minimum Gasteiger partial charge on any atom is -0.463 e. The fourth-order valence-electron chi connectivity index (χ4n) is 2.42. The molecule has 2 aromatic rings. The first-order valence-electron chi connectivity index (χ1n) is 8.04. The molecule has 10 heteroatoms. The summed E-state index contributed by atoms with van der Waals surface area (Å²) < 4.78 is 42.6. The SMILES string of the molecule is COCOc1c(CCCOS(C)(=O)=O)ccc2cc(NC(C)=O)c(=O)oc12. The zero-order valence-electron chi connectivity index (χ0n) is 15.2. The van der Waals surface area contributed by atoms with Crippen LogP contribution in [0.25, 0.3) is 11.0 Å². The van der Waals surface area contributed by atoms with Crippen LogP contribution < -0.4 is 15.7 Å². The van der Waals surface area contributed by atoms with Crippen LogP contribution in [0.1, 0.15) is 18.9 Å². The molecule has 0 saturated carbocycles. The quantitative estimate of drug-likeness (QED) is 0.292. The number of carbonyl (C=O) groups is 1. The lowest BCUT2D eigenvalue weighted by molar-refractivity contribution is -0.114. The molecule has 0 fully saturated rings. The molecule has 27 heavy (non-hydrogen) atoms. The van der Waals surface area contributed by atoms with Crippen molar-refractivity contribution in [1.82, 2.24) is 0 Å². The number of carbonyl (C=O) groups excluding carboxylic acids is 1. The van der Waals surface area contributed by atoms with Crippen LogP contribution in [0.15, 0.2) is 27.4 Å². The van der Waals surface area contributed by atoms with E-state index in [1.165, 1.54) is 20.1 Å². The molecule has 0 radical (unpaired) electrons. The number of aryl methyl sites for hydroxylation is 1. The first kappa shape index (κ1) is 20.9. The predicted molar refractivity (Wildman–Crippen MR) is 98.4 cm³/mol. The van der Waals surface area contributed by atoms with Crippen molar-refractivity contribution in [3.63, 3.8) is 0 Å². The van der Waals surface area contributed by atoms with Crippen molar-refractivity contribution in [2.75, 3.05) is 32.1 Å². The lowest BCUT2D eigenvalue weighted by Crippen LogP contribution is -2.14. The maximum atomic E-state index is 12.1. The van der Waals surface area contributed by atoms with Gasteiger partial charge in [-0.05, 0) is 24.5 Å². The summed E-state index contributed by atoms with van der Waals surface area (Å²) in [6.45, 7) is 1.24. The van der Waals surface area contributed by atoms with Crippen molar-refractivity contribution in [3.05, 3.63) is 34.2 Å². The third kappa shape index (κ3) is 6.05. The number of hydrogen-bond acceptors (Lipinski definition) is 8. The summed E-state index contributed by atoms with van der Waals surface area (Å²) in [7, 11) is -2.05. The number of ether oxygens (including phenoxy) is 2. The Morgan fingerprint density at radius 3 is 2.67 bits per heavy atom. The normalized spacial score (nSPS) is 11.5. The Morgan fingerprint density at radius 1 is 1.30 bits per heavy atom. The second-order valence-electron chi connectivity index (χ2n) is 5.78. The first-order chi connectivity index (χ1) is 12.7. The molecule has 1 aromatic carbocycles. The van der Waals surface area contributed by atoms with E-state index in [2.05, 4.69) is 5.32 Å². The van der Waals surface area contributed by atoms with Gasteiger partial charge in [-0.25, -0.2) is 4.79 Å². The number of amides is 1. The van der Waals surface area contributed by atoms with Crippen molar-refractivity contribution < 1.29 is 31.3 Å². The van der Waals surface area contributed by atoms with Crippen molar-refractivity contribution in [2.24, 2.45) is 0 Å². The highest BCUT2D eigenvalue weighted by Crippen LogP contribution is 2.31. The van der Waals surface area contributed by atoms with E-state index in [4.69, 9.17) is 18.1 Å². The third-order valence-electron chi connectivity index (χ3n) is 3.46. The maximum absolute atomic E-state index is 12.1. The van der Waals surface area contributed by atoms with E-state index < -0.39 is 15.7 Å². The highest BCUT2D eigenvalue weighted by Gasteiger charge is 2.15. The highest BCUT2D eigenvalue weighted by atomic mass is 32.2. The summed E-state index contributed by atoms with van der Waals surface area (Å²) in [6, 6.07) is 4.99. The summed E-state index contributed by atoms with van der Waals surface area (Å²) >= 11 is 0. The molecule has 1 N–H and O–H groups in total. The standard InChI is InChI=1S/C17H21NO8S/c1-11(19)18-14-9-13-7-6-12(5-4-8-25-27(3,21)22)15(24-10-23-2)16(13)26-17(14)20/h6-7,9H,4-5,8,10H2,1-3H3,(H,18,19). The Bertz CT molecular complexity index is 980. The van der Waals surface area contributed by atoms with Crippen LogP contribution in [0.4, 0.5) is 5.69 Å². The third-order valence-corrected chi connectivity index (χ3v) is 4.05. The van der Waals surface area contributed by atoms with Crippen LogP contribution in [0, 0.1) is 0 Å². The van der Waals surface area contributed by atoms with Gasteiger partial charge in [0.15, 0.2) is 18.1 Å². The summed E-state index contributed by atoms with van der Waals surface area (Å²) in [6.07, 6.45) is 1.83. The first-order valence-corrected chi connectivity index (χ1v) is 9.86. The van der Waals surface area contributed by atoms with Gasteiger partial charge in [0.05, 0.1) is 12.9 Å². The molecule has 0 saturated heterocycles. The Morgan fingerprint density at radius 2 is 2.04 bits per heavy atom. The summed E-state index contributed by atoms with van der Waals surface area (Å²) in [5.74, 6) is -0.0693. The Labute approximate surface area is 156 Å². The average molecular weight is 399 g/mol. The molecule has 2 rings (SSSR count). The largest absolute Gasteiger partial charge is 0.463 e. The molecule has 148 valence electrons. The van der Waals surface area contributed by atoms with Gasteiger partial charge in [0.1, 0.15) is 5.69 Å². The van der Waals surface area contributed by atoms with E-state index in [0.29, 0.717) is 29.5 Å². The van der Waals surface area contributed by atoms with E-state index in [0.717, 1.165) is 6.26 Å². The lowest BCUT2D eigenvalue weighted by Gasteiger charge is -2.13. The van der Waals surface area contributed by atoms with Gasteiger partial charge in [0.2, 0.25) is 5.91 Å². The molecule has 0 atom stereocenters. The predicted octanol–water partition coefficient (Wildman–Crippen LogP) is 1.64. The molecule has 0 aliphatic carbocycles. The zero-order valence-corrected chi connectivity index (χ0v) is 16.1. The van der Waals surface area contributed by atoms with Crippen LogP contribution >= 0.6 is 0 Å². The number of rotatable bonds is 9. The topological polar surface area (TPSA) is 121 Å². The maximum Gasteiger partial charge on any atom is 0.360 e. The van der Waals surface area contributed by atoms with E-state index in [-0.39, 0.29) is 30.6 Å². The number of fused-ring (bicyclic) bond motifs is 1. The van der Waals surface area contributed by atoms with Crippen molar-refractivity contribution in [3.8, 4) is 5.75 Å². The second-order valence-corrected chi connectivity index (χ2v) is 7.43. The minimum atomic E-state index is -3.50. The van der Waals surface area contributed by atoms with Crippen molar-refractivity contribution in [1.29, 1.82) is 0 Å². The van der Waals surface area contributed by atoms with Gasteiger partial charge in [-0.15, -0.1) is 0 Å². The number of hydrogen-bond donors (Lipinski definition) is 1. The van der Waals surface area contributed by atoms with E-state index >= 15 is 0 Å². The van der Waals surface area contributed by atoms with E-state index in [9.17, 15) is 18.0 Å². The van der Waals surface area contributed by atoms with Crippen LogP contribution in [0.3, 0.4) is 0 Å². The van der Waals surface area contributed by atoms with Gasteiger partial charge in [-0.2, -0.15) is 8.42 Å². The molecule has 1 amide bonds. The van der Waals surface area contributed by atoms with E-state index in [1.54, 1.807) is 12.1 Å². The van der Waals surface area contributed by atoms with Crippen LogP contribution in [-0.2, 0) is 30.3 Å². The lowest BCUT2D eigenvalue weighted by atomic mass is 10.1. The van der Waals surface area contributed by atoms with Crippen LogP contribution in [-0.4, -0.2) is 41.1 Å². The van der Waals surface area contributed by atoms with Crippen molar-refractivity contribution in [2.45, 2.75) is 19.8 Å². The van der Waals surface area contributed by atoms with Crippen LogP contribution in [0.2, 0.25) is 0 Å². The molecule has 1 aromatic heterocycles. The molecule has 0 bridgehead atoms. The van der Waals surface area contributed by atoms with Gasteiger partial charge in [0, 0.05) is 19.4 Å². The Balaban J connectivity index is 2.36. The molecule has 1 heterocycles. The number of methoxy groups -OCH3 is 1. The summed E-state index contributed by atoms with van der Waals surface area (Å²) in [4.78, 5) is 23.3. The molecule has 9 nitrogen and oxygen atoms in total. The van der Waals surface area contributed by atoms with Crippen molar-refractivity contribution >= 4 is 32.7 Å². The van der Waals surface area contributed by atoms with Gasteiger partial charge in [-0.1, -0.05) is 12.1 Å². The molecule has 0 aliphatic heterocycles. The molecule has 0 aliphatic rings. The fraction of sp³-hybridized carbons (Fsp3) is 0.412. The van der Waals surface area contributed by atoms with Crippen LogP contribution in [0.5, 0.6) is 5.75 Å². The van der Waals surface area contributed by atoms with Gasteiger partial charge < -0.3 is 19.2 Å². The molecular formula is C17H21NO8S. The van der Waals surface area contributed by atoms with Gasteiger partial charge in [0.25, 0.3) is 10.1 Å². The Kier molecular flexibility index (Phi) is 6.94. The average Bonchev–Trinajstić information content (AvgIpc) is 2.57. The molecular weight excluding hydrogens is 378 g/mol. The van der Waals surface area contributed by atoms with Gasteiger partial charge >= 0.3 is 5.63 Å². The minimum absolute atomic E-state index is 0.0198. The zero-order chi connectivity index (χ0) is 20.0. The summed E-state index contributed by atoms with van der Waals surface area (Å²) in [5, 5.41) is 2.97. The number of nitrogens with one attached hydrogen (secondary N) is 1. The molecule has 0 unspecified atom stereocenters.